The summed E-state index contributed by atoms with van der Waals surface area (Å²) >= 11 is 0. The van der Waals surface area contributed by atoms with Gasteiger partial charge in [-0.05, 0) is 18.9 Å². The molecular formula is C12H22N2O3. The van der Waals surface area contributed by atoms with Crippen LogP contribution in [0.25, 0.3) is 0 Å². The highest BCUT2D eigenvalue weighted by molar-refractivity contribution is 5.83. The number of esters is 1. The highest BCUT2D eigenvalue weighted by Crippen LogP contribution is 2.19. The fraction of sp³-hybridized carbons (Fsp3) is 0.833. The molecule has 0 aromatic carbocycles. The van der Waals surface area contributed by atoms with Crippen LogP contribution in [0, 0.1) is 5.92 Å². The molecule has 0 radical (unpaired) electrons. The molecule has 1 saturated heterocycles. The first-order valence-electron chi connectivity index (χ1n) is 6.14. The number of nitrogens with zero attached hydrogens (tertiary/aromatic N) is 1. The van der Waals surface area contributed by atoms with Gasteiger partial charge in [0.25, 0.3) is 0 Å². The molecule has 5 nitrogen and oxygen atoms in total. The van der Waals surface area contributed by atoms with E-state index >= 15 is 0 Å². The first-order valence-corrected chi connectivity index (χ1v) is 6.14. The lowest BCUT2D eigenvalue weighted by molar-refractivity contribution is -0.145. The van der Waals surface area contributed by atoms with E-state index in [1.165, 1.54) is 26.9 Å². The molecule has 98 valence electrons. The van der Waals surface area contributed by atoms with Gasteiger partial charge < -0.3 is 15.0 Å². The minimum absolute atomic E-state index is 0.202. The molecule has 1 N–H and O–H groups in total. The Morgan fingerprint density at radius 1 is 1.53 bits per heavy atom. The highest BCUT2D eigenvalue weighted by Gasteiger charge is 2.27. The normalized spacial score (nSPS) is 22.2. The Hall–Kier alpha value is -1.10. The van der Waals surface area contributed by atoms with Crippen molar-refractivity contribution < 1.29 is 14.3 Å². The molecule has 0 bridgehead atoms. The molecule has 2 atom stereocenters. The van der Waals surface area contributed by atoms with Gasteiger partial charge in [0, 0.05) is 20.0 Å². The number of hydrogen-bond donors (Lipinski definition) is 1. The van der Waals surface area contributed by atoms with E-state index in [4.69, 9.17) is 4.74 Å². The molecule has 1 rings (SSSR count). The number of hydrogen-bond acceptors (Lipinski definition) is 4. The number of carbonyl (C=O) groups excluding carboxylic acids is 2. The molecule has 1 amide bonds. The molecule has 17 heavy (non-hydrogen) atoms. The first-order chi connectivity index (χ1) is 8.06. The van der Waals surface area contributed by atoms with Crippen LogP contribution in [-0.4, -0.2) is 49.6 Å². The van der Waals surface area contributed by atoms with Gasteiger partial charge in [-0.3, -0.25) is 4.79 Å². The van der Waals surface area contributed by atoms with E-state index in [0.29, 0.717) is 12.5 Å². The van der Waals surface area contributed by atoms with Gasteiger partial charge in [0.2, 0.25) is 5.91 Å². The average Bonchev–Trinajstić information content (AvgIpc) is 2.74. The van der Waals surface area contributed by atoms with Gasteiger partial charge >= 0.3 is 5.97 Å². The topological polar surface area (TPSA) is 58.6 Å². The molecule has 1 heterocycles. The molecule has 0 spiro atoms. The zero-order chi connectivity index (χ0) is 12.8. The van der Waals surface area contributed by atoms with Gasteiger partial charge in [0.1, 0.15) is 6.04 Å². The average molecular weight is 242 g/mol. The molecule has 0 aromatic rings. The zero-order valence-corrected chi connectivity index (χ0v) is 10.9. The van der Waals surface area contributed by atoms with Crippen molar-refractivity contribution in [2.24, 2.45) is 5.92 Å². The minimum atomic E-state index is -0.548. The van der Waals surface area contributed by atoms with Crippen molar-refractivity contribution >= 4 is 11.9 Å². The van der Waals surface area contributed by atoms with Crippen LogP contribution in [0.4, 0.5) is 0 Å². The molecule has 2 unspecified atom stereocenters. The smallest absolute Gasteiger partial charge is 0.329 e. The van der Waals surface area contributed by atoms with Crippen molar-refractivity contribution in [2.45, 2.75) is 32.7 Å². The first kappa shape index (κ1) is 14.0. The van der Waals surface area contributed by atoms with E-state index in [9.17, 15) is 9.59 Å². The lowest BCUT2D eigenvalue weighted by atomic mass is 10.1. The molecule has 0 aliphatic carbocycles. The van der Waals surface area contributed by atoms with Crippen LogP contribution in [0.1, 0.15) is 26.7 Å². The van der Waals surface area contributed by atoms with Crippen molar-refractivity contribution in [1.82, 2.24) is 10.2 Å². The number of carbonyl (C=O) groups is 2. The maximum Gasteiger partial charge on any atom is 0.329 e. The Labute approximate surface area is 102 Å². The quantitative estimate of drug-likeness (QED) is 0.709. The van der Waals surface area contributed by atoms with E-state index in [2.05, 4.69) is 17.1 Å². The summed E-state index contributed by atoms with van der Waals surface area (Å²) in [6.45, 7) is 6.13. The Kier molecular flexibility index (Phi) is 5.41. The van der Waals surface area contributed by atoms with E-state index in [-0.39, 0.29) is 11.9 Å². The maximum absolute atomic E-state index is 11.5. The van der Waals surface area contributed by atoms with E-state index in [1.807, 2.05) is 0 Å². The number of likely N-dealkylation sites (tertiary alicyclic amines) is 1. The van der Waals surface area contributed by atoms with E-state index in [0.717, 1.165) is 13.1 Å². The molecular weight excluding hydrogens is 220 g/mol. The Morgan fingerprint density at radius 2 is 2.24 bits per heavy atom. The van der Waals surface area contributed by atoms with E-state index in [1.54, 1.807) is 0 Å². The largest absolute Gasteiger partial charge is 0.467 e. The summed E-state index contributed by atoms with van der Waals surface area (Å²) in [6, 6.07) is -0.548. The minimum Gasteiger partial charge on any atom is -0.467 e. The van der Waals surface area contributed by atoms with Gasteiger partial charge in [-0.2, -0.15) is 0 Å². The van der Waals surface area contributed by atoms with Gasteiger partial charge in [0.05, 0.1) is 7.11 Å². The second-order valence-electron chi connectivity index (χ2n) is 4.60. The van der Waals surface area contributed by atoms with Gasteiger partial charge in [0.15, 0.2) is 0 Å². The second kappa shape index (κ2) is 6.59. The van der Waals surface area contributed by atoms with Crippen LogP contribution in [0.5, 0.6) is 0 Å². The Morgan fingerprint density at radius 3 is 2.71 bits per heavy atom. The molecule has 1 aliphatic rings. The third kappa shape index (κ3) is 4.34. The van der Waals surface area contributed by atoms with E-state index < -0.39 is 6.04 Å². The third-order valence-electron chi connectivity index (χ3n) is 3.25. The maximum atomic E-state index is 11.5. The number of nitrogens with one attached hydrogen (secondary N) is 1. The van der Waals surface area contributed by atoms with Crippen LogP contribution >= 0.6 is 0 Å². The highest BCUT2D eigenvalue weighted by atomic mass is 16.5. The lowest BCUT2D eigenvalue weighted by Gasteiger charge is -2.22. The summed E-state index contributed by atoms with van der Waals surface area (Å²) in [4.78, 5) is 24.8. The second-order valence-corrected chi connectivity index (χ2v) is 4.60. The zero-order valence-electron chi connectivity index (χ0n) is 10.9. The van der Waals surface area contributed by atoms with Crippen molar-refractivity contribution in [3.63, 3.8) is 0 Å². The van der Waals surface area contributed by atoms with Crippen LogP contribution in [-0.2, 0) is 14.3 Å². The summed E-state index contributed by atoms with van der Waals surface area (Å²) in [5.41, 5.74) is 0. The molecule has 0 aromatic heterocycles. The van der Waals surface area contributed by atoms with Crippen LogP contribution in [0.15, 0.2) is 0 Å². The Bertz CT molecular complexity index is 281. The molecule has 1 fully saturated rings. The van der Waals surface area contributed by atoms with Crippen molar-refractivity contribution in [2.75, 3.05) is 26.7 Å². The van der Waals surface area contributed by atoms with Crippen LogP contribution in [0.3, 0.4) is 0 Å². The van der Waals surface area contributed by atoms with Crippen LogP contribution < -0.4 is 5.32 Å². The summed E-state index contributed by atoms with van der Waals surface area (Å²) in [5.74, 6) is 0.136. The fourth-order valence-electron chi connectivity index (χ4n) is 2.24. The number of rotatable bonds is 5. The molecule has 1 aliphatic heterocycles. The third-order valence-corrected chi connectivity index (χ3v) is 3.25. The molecule has 5 heteroatoms. The number of methoxy groups -OCH3 is 1. The summed E-state index contributed by atoms with van der Waals surface area (Å²) < 4.78 is 4.70. The lowest BCUT2D eigenvalue weighted by Crippen LogP contribution is -2.47. The predicted molar refractivity (Wildman–Crippen MR) is 64.5 cm³/mol. The standard InChI is InChI=1S/C12H22N2O3/c1-4-10-5-6-14(7-10)8-11(12(16)17-3)13-9(2)15/h10-11H,4-8H2,1-3H3,(H,13,15). The fourth-order valence-corrected chi connectivity index (χ4v) is 2.24. The summed E-state index contributed by atoms with van der Waals surface area (Å²) in [5, 5.41) is 2.64. The Balaban J connectivity index is 2.48. The van der Waals surface area contributed by atoms with Crippen LogP contribution in [0.2, 0.25) is 0 Å². The summed E-state index contributed by atoms with van der Waals surface area (Å²) in [7, 11) is 1.34. The predicted octanol–water partition coefficient (Wildman–Crippen LogP) is 0.396. The number of ether oxygens (including phenoxy) is 1. The van der Waals surface area contributed by atoms with Crippen molar-refractivity contribution in [3.05, 3.63) is 0 Å². The van der Waals surface area contributed by atoms with Gasteiger partial charge in [-0.1, -0.05) is 13.3 Å². The monoisotopic (exact) mass is 242 g/mol. The SMILES string of the molecule is CCC1CCN(CC(NC(C)=O)C(=O)OC)C1. The summed E-state index contributed by atoms with van der Waals surface area (Å²) in [6.07, 6.45) is 2.34. The number of amides is 1. The van der Waals surface area contributed by atoms with Crippen molar-refractivity contribution in [1.29, 1.82) is 0 Å². The van der Waals surface area contributed by atoms with Gasteiger partial charge in [-0.15, -0.1) is 0 Å². The molecule has 0 saturated carbocycles. The van der Waals surface area contributed by atoms with Gasteiger partial charge in [-0.25, -0.2) is 4.79 Å². The van der Waals surface area contributed by atoms with Crippen molar-refractivity contribution in [3.8, 4) is 0 Å².